The molecule has 0 aliphatic rings. The van der Waals surface area contributed by atoms with Gasteiger partial charge in [-0.3, -0.25) is 9.78 Å². The van der Waals surface area contributed by atoms with Gasteiger partial charge >= 0.3 is 6.18 Å². The van der Waals surface area contributed by atoms with Gasteiger partial charge in [-0.15, -0.1) is 0 Å². The van der Waals surface area contributed by atoms with Crippen LogP contribution in [0, 0.1) is 6.92 Å². The average molecular weight is 431 g/mol. The van der Waals surface area contributed by atoms with Gasteiger partial charge in [0, 0.05) is 16.1 Å². The lowest BCUT2D eigenvalue weighted by Crippen LogP contribution is -2.37. The molecule has 140 valence electrons. The molecule has 0 aliphatic carbocycles. The smallest absolute Gasteiger partial charge is 0.370 e. The Hall–Kier alpha value is -1.93. The normalized spacial score (nSPS) is 12.7. The highest BCUT2D eigenvalue weighted by molar-refractivity contribution is 9.10. The minimum absolute atomic E-state index is 0.228. The molecule has 0 fully saturated rings. The number of aromatic nitrogens is 1. The average Bonchev–Trinajstić information content (AvgIpc) is 2.53. The van der Waals surface area contributed by atoms with E-state index in [9.17, 15) is 18.0 Å². The molecule has 8 heteroatoms. The van der Waals surface area contributed by atoms with E-state index in [1.165, 1.54) is 0 Å². The fourth-order valence-electron chi connectivity index (χ4n) is 2.30. The first-order valence-electron chi connectivity index (χ1n) is 7.84. The molecule has 0 radical (unpaired) electrons. The fraction of sp³-hybridized carbons (Fsp3) is 0.333. The van der Waals surface area contributed by atoms with Gasteiger partial charge in [0.15, 0.2) is 0 Å². The largest absolute Gasteiger partial charge is 0.411 e. The third kappa shape index (κ3) is 6.10. The molecule has 0 aliphatic heterocycles. The highest BCUT2D eigenvalue weighted by Crippen LogP contribution is 2.22. The summed E-state index contributed by atoms with van der Waals surface area (Å²) in [5.41, 5.74) is 2.53. The maximum atomic E-state index is 12.3. The lowest BCUT2D eigenvalue weighted by atomic mass is 10.1. The van der Waals surface area contributed by atoms with Gasteiger partial charge in [-0.25, -0.2) is 0 Å². The van der Waals surface area contributed by atoms with E-state index in [-0.39, 0.29) is 6.61 Å². The number of pyridine rings is 1. The first-order valence-corrected chi connectivity index (χ1v) is 8.64. The van der Waals surface area contributed by atoms with Crippen molar-refractivity contribution in [3.63, 3.8) is 0 Å². The number of aryl methyl sites for hydroxylation is 1. The third-order valence-corrected chi connectivity index (χ3v) is 3.96. The van der Waals surface area contributed by atoms with Gasteiger partial charge in [-0.1, -0.05) is 28.1 Å². The number of alkyl halides is 3. The molecule has 4 nitrogen and oxygen atoms in total. The Morgan fingerprint density at radius 1 is 1.31 bits per heavy atom. The van der Waals surface area contributed by atoms with Crippen molar-refractivity contribution < 1.29 is 22.7 Å². The number of carbonyl (C=O) groups excluding carboxylic acids is 1. The molecular weight excluding hydrogens is 413 g/mol. The molecule has 1 amide bonds. The summed E-state index contributed by atoms with van der Waals surface area (Å²) < 4.78 is 41.7. The first-order chi connectivity index (χ1) is 12.2. The van der Waals surface area contributed by atoms with Crippen LogP contribution in [0.3, 0.4) is 0 Å². The highest BCUT2D eigenvalue weighted by Gasteiger charge is 2.27. The van der Waals surface area contributed by atoms with Gasteiger partial charge in [0.25, 0.3) is 5.91 Å². The topological polar surface area (TPSA) is 51.2 Å². The van der Waals surface area contributed by atoms with Gasteiger partial charge in [-0.2, -0.15) is 13.2 Å². The summed E-state index contributed by atoms with van der Waals surface area (Å²) in [4.78, 5) is 16.7. The van der Waals surface area contributed by atoms with Crippen LogP contribution < -0.4 is 5.32 Å². The quantitative estimate of drug-likeness (QED) is 0.732. The number of hydrogen-bond donors (Lipinski definition) is 1. The molecule has 0 unspecified atom stereocenters. The fourth-order valence-corrected chi connectivity index (χ4v) is 2.70. The molecular formula is C18H18BrF3N2O2. The number of nitrogens with one attached hydrogen (secondary N) is 1. The van der Waals surface area contributed by atoms with E-state index in [2.05, 4.69) is 31.0 Å². The van der Waals surface area contributed by atoms with Crippen LogP contribution in [-0.4, -0.2) is 36.3 Å². The van der Waals surface area contributed by atoms with Crippen molar-refractivity contribution >= 4 is 21.8 Å². The number of nitrogens with zero attached hydrogens (tertiary/aromatic N) is 1. The zero-order chi connectivity index (χ0) is 19.3. The molecule has 0 bridgehead atoms. The standard InChI is InChI=1S/C18H18BrF3N2O2/c1-11(9-26-10-18(20,21)22)23-17(25)15-6-7-16(24-12(15)2)13-4-3-5-14(19)8-13/h3-8,11H,9-10H2,1-2H3,(H,23,25)/t11-/m0/s1. The van der Waals surface area contributed by atoms with Crippen molar-refractivity contribution in [3.8, 4) is 11.3 Å². The highest BCUT2D eigenvalue weighted by atomic mass is 79.9. The van der Waals surface area contributed by atoms with Crippen molar-refractivity contribution in [2.75, 3.05) is 13.2 Å². The first kappa shape index (κ1) is 20.4. The number of carbonyl (C=O) groups is 1. The van der Waals surface area contributed by atoms with Crippen LogP contribution in [0.15, 0.2) is 40.9 Å². The van der Waals surface area contributed by atoms with Gasteiger partial charge in [-0.05, 0) is 38.1 Å². The van der Waals surface area contributed by atoms with Crippen molar-refractivity contribution in [1.82, 2.24) is 10.3 Å². The summed E-state index contributed by atoms with van der Waals surface area (Å²) in [6, 6.07) is 10.4. The van der Waals surface area contributed by atoms with E-state index < -0.39 is 24.7 Å². The second kappa shape index (κ2) is 8.64. The summed E-state index contributed by atoms with van der Waals surface area (Å²) >= 11 is 3.40. The maximum Gasteiger partial charge on any atom is 0.411 e. The van der Waals surface area contributed by atoms with Crippen molar-refractivity contribution in [2.24, 2.45) is 0 Å². The van der Waals surface area contributed by atoms with Crippen molar-refractivity contribution in [2.45, 2.75) is 26.1 Å². The van der Waals surface area contributed by atoms with E-state index in [1.54, 1.807) is 26.0 Å². The van der Waals surface area contributed by atoms with Crippen molar-refractivity contribution in [1.29, 1.82) is 0 Å². The second-order valence-electron chi connectivity index (χ2n) is 5.84. The monoisotopic (exact) mass is 430 g/mol. The van der Waals surface area contributed by atoms with Crippen LogP contribution in [-0.2, 0) is 4.74 Å². The predicted octanol–water partition coefficient (Wildman–Crippen LogP) is 4.52. The van der Waals surface area contributed by atoms with E-state index in [0.29, 0.717) is 11.3 Å². The molecule has 2 aromatic rings. The molecule has 1 N–H and O–H groups in total. The Morgan fingerprint density at radius 2 is 2.04 bits per heavy atom. The molecule has 1 atom stereocenters. The zero-order valence-electron chi connectivity index (χ0n) is 14.2. The summed E-state index contributed by atoms with van der Waals surface area (Å²) in [5, 5.41) is 2.61. The van der Waals surface area contributed by atoms with Gasteiger partial charge in [0.1, 0.15) is 6.61 Å². The molecule has 1 heterocycles. The number of halogens is 4. The van der Waals surface area contributed by atoms with Crippen LogP contribution >= 0.6 is 15.9 Å². The molecule has 0 saturated heterocycles. The van der Waals surface area contributed by atoms with Crippen LogP contribution in [0.1, 0.15) is 23.0 Å². The van der Waals surface area contributed by atoms with Crippen LogP contribution in [0.5, 0.6) is 0 Å². The summed E-state index contributed by atoms with van der Waals surface area (Å²) in [7, 11) is 0. The summed E-state index contributed by atoms with van der Waals surface area (Å²) in [6.07, 6.45) is -4.38. The molecule has 1 aromatic carbocycles. The zero-order valence-corrected chi connectivity index (χ0v) is 15.8. The number of hydrogen-bond acceptors (Lipinski definition) is 3. The Morgan fingerprint density at radius 3 is 2.65 bits per heavy atom. The number of rotatable bonds is 6. The molecule has 2 rings (SSSR count). The second-order valence-corrected chi connectivity index (χ2v) is 6.76. The number of amides is 1. The van der Waals surface area contributed by atoms with Crippen molar-refractivity contribution in [3.05, 3.63) is 52.1 Å². The Kier molecular flexibility index (Phi) is 6.77. The molecule has 0 spiro atoms. The minimum Gasteiger partial charge on any atom is -0.370 e. The number of ether oxygens (including phenoxy) is 1. The molecule has 1 aromatic heterocycles. The van der Waals surface area contributed by atoms with Gasteiger partial charge in [0.05, 0.1) is 23.6 Å². The van der Waals surface area contributed by atoms with Gasteiger partial charge < -0.3 is 10.1 Å². The SMILES string of the molecule is Cc1nc(-c2cccc(Br)c2)ccc1C(=O)N[C@@H](C)COCC(F)(F)F. The van der Waals surface area contributed by atoms with Gasteiger partial charge in [0.2, 0.25) is 0 Å². The Balaban J connectivity index is 2.01. The van der Waals surface area contributed by atoms with Crippen LogP contribution in [0.25, 0.3) is 11.3 Å². The summed E-state index contributed by atoms with van der Waals surface area (Å²) in [5.74, 6) is -0.404. The molecule has 0 saturated carbocycles. The lowest BCUT2D eigenvalue weighted by molar-refractivity contribution is -0.174. The third-order valence-electron chi connectivity index (χ3n) is 3.46. The van der Waals surface area contributed by atoms with E-state index in [0.717, 1.165) is 15.7 Å². The Bertz CT molecular complexity index is 781. The predicted molar refractivity (Wildman–Crippen MR) is 95.9 cm³/mol. The molecule has 26 heavy (non-hydrogen) atoms. The summed E-state index contributed by atoms with van der Waals surface area (Å²) in [6.45, 7) is 1.72. The van der Waals surface area contributed by atoms with E-state index >= 15 is 0 Å². The van der Waals surface area contributed by atoms with E-state index in [4.69, 9.17) is 0 Å². The van der Waals surface area contributed by atoms with E-state index in [1.807, 2.05) is 24.3 Å². The Labute approximate surface area is 157 Å². The maximum absolute atomic E-state index is 12.3. The minimum atomic E-state index is -4.38. The lowest BCUT2D eigenvalue weighted by Gasteiger charge is -2.16. The number of benzene rings is 1. The van der Waals surface area contributed by atoms with Crippen LogP contribution in [0.4, 0.5) is 13.2 Å². The van der Waals surface area contributed by atoms with Crippen LogP contribution in [0.2, 0.25) is 0 Å².